The zero-order valence-corrected chi connectivity index (χ0v) is 19.3. The molecule has 8 heteroatoms. The van der Waals surface area contributed by atoms with Crippen molar-refractivity contribution in [3.8, 4) is 22.9 Å². The van der Waals surface area contributed by atoms with E-state index < -0.39 is 6.04 Å². The van der Waals surface area contributed by atoms with E-state index >= 15 is 0 Å². The molecular weight excluding hydrogens is 430 g/mol. The van der Waals surface area contributed by atoms with Crippen LogP contribution in [0.5, 0.6) is 11.5 Å². The number of nitrogens with zero attached hydrogens (tertiary/aromatic N) is 5. The van der Waals surface area contributed by atoms with Crippen LogP contribution in [0.15, 0.2) is 66.7 Å². The largest absolute Gasteiger partial charge is 0.493 e. The van der Waals surface area contributed by atoms with E-state index in [4.69, 9.17) is 9.47 Å². The highest BCUT2D eigenvalue weighted by Crippen LogP contribution is 2.37. The Morgan fingerprint density at radius 3 is 2.12 bits per heavy atom. The summed E-state index contributed by atoms with van der Waals surface area (Å²) in [6.45, 7) is 1.79. The number of carbonyl (C=O) groups is 1. The van der Waals surface area contributed by atoms with Crippen molar-refractivity contribution in [2.45, 2.75) is 25.8 Å². The molecule has 0 bridgehead atoms. The van der Waals surface area contributed by atoms with Gasteiger partial charge in [-0.1, -0.05) is 36.4 Å². The Hall–Kier alpha value is -4.20. The van der Waals surface area contributed by atoms with Crippen LogP contribution in [0.25, 0.3) is 11.4 Å². The zero-order valence-electron chi connectivity index (χ0n) is 19.3. The van der Waals surface area contributed by atoms with Crippen LogP contribution in [-0.2, 0) is 17.6 Å². The number of hydrogen-bond donors (Lipinski definition) is 0. The summed E-state index contributed by atoms with van der Waals surface area (Å²) in [4.78, 5) is 17.0. The predicted molar refractivity (Wildman–Crippen MR) is 129 cm³/mol. The van der Waals surface area contributed by atoms with Crippen molar-refractivity contribution >= 4 is 17.3 Å². The lowest BCUT2D eigenvalue weighted by molar-refractivity contribution is -0.121. The van der Waals surface area contributed by atoms with E-state index in [9.17, 15) is 4.79 Å². The van der Waals surface area contributed by atoms with E-state index in [2.05, 4.69) is 27.5 Å². The Bertz CT molecular complexity index is 1300. The van der Waals surface area contributed by atoms with Crippen molar-refractivity contribution in [1.82, 2.24) is 20.2 Å². The van der Waals surface area contributed by atoms with Crippen LogP contribution in [-0.4, -0.2) is 40.3 Å². The Kier molecular flexibility index (Phi) is 5.71. The highest BCUT2D eigenvalue weighted by atomic mass is 16.5. The third kappa shape index (κ3) is 3.77. The van der Waals surface area contributed by atoms with Gasteiger partial charge in [0.15, 0.2) is 11.5 Å². The number of anilines is 2. The third-order valence-electron chi connectivity index (χ3n) is 6.12. The molecule has 0 N–H and O–H groups in total. The Labute approximate surface area is 197 Å². The van der Waals surface area contributed by atoms with Crippen molar-refractivity contribution < 1.29 is 14.3 Å². The number of hydrogen-bond acceptors (Lipinski definition) is 6. The average Bonchev–Trinajstić information content (AvgIpc) is 3.31. The summed E-state index contributed by atoms with van der Waals surface area (Å²) in [5.74, 6) is 1.45. The lowest BCUT2D eigenvalue weighted by Crippen LogP contribution is -2.34. The fourth-order valence-corrected chi connectivity index (χ4v) is 4.28. The topological polar surface area (TPSA) is 82.4 Å². The average molecular weight is 456 g/mol. The quantitative estimate of drug-likeness (QED) is 0.444. The molecule has 5 rings (SSSR count). The van der Waals surface area contributed by atoms with E-state index in [1.54, 1.807) is 38.2 Å². The first-order chi connectivity index (χ1) is 16.6. The monoisotopic (exact) mass is 455 g/mol. The number of fused-ring (bicyclic) bond motifs is 2. The summed E-state index contributed by atoms with van der Waals surface area (Å²) in [6.07, 6.45) is 1.74. The van der Waals surface area contributed by atoms with E-state index in [1.807, 2.05) is 42.5 Å². The summed E-state index contributed by atoms with van der Waals surface area (Å²) in [5, 5.41) is 12.9. The second kappa shape index (κ2) is 8.97. The second-order valence-corrected chi connectivity index (χ2v) is 8.11. The van der Waals surface area contributed by atoms with Crippen molar-refractivity contribution in [3.05, 3.63) is 77.9 Å². The highest BCUT2D eigenvalue weighted by molar-refractivity contribution is 6.04. The van der Waals surface area contributed by atoms with Crippen LogP contribution in [0.2, 0.25) is 0 Å². The maximum absolute atomic E-state index is 13.9. The van der Waals surface area contributed by atoms with Crippen molar-refractivity contribution in [2.75, 3.05) is 19.1 Å². The summed E-state index contributed by atoms with van der Waals surface area (Å²) in [6, 6.07) is 20.8. The molecule has 0 radical (unpaired) electrons. The van der Waals surface area contributed by atoms with Crippen molar-refractivity contribution in [2.24, 2.45) is 0 Å². The van der Waals surface area contributed by atoms with Gasteiger partial charge >= 0.3 is 0 Å². The maximum atomic E-state index is 13.9. The molecule has 34 heavy (non-hydrogen) atoms. The first-order valence-electron chi connectivity index (χ1n) is 11.1. The number of tetrazole rings is 1. The normalized spacial score (nSPS) is 13.4. The highest BCUT2D eigenvalue weighted by Gasteiger charge is 2.31. The molecule has 1 aliphatic heterocycles. The van der Waals surface area contributed by atoms with Gasteiger partial charge in [0.05, 0.1) is 25.6 Å². The number of carbonyl (C=O) groups excluding carboxylic acids is 1. The van der Waals surface area contributed by atoms with Gasteiger partial charge in [-0.15, -0.1) is 10.2 Å². The van der Waals surface area contributed by atoms with Gasteiger partial charge in [-0.05, 0) is 66.4 Å². The minimum atomic E-state index is -0.666. The molecule has 8 nitrogen and oxygen atoms in total. The summed E-state index contributed by atoms with van der Waals surface area (Å²) in [7, 11) is 3.15. The molecule has 2 heterocycles. The third-order valence-corrected chi connectivity index (χ3v) is 6.12. The Morgan fingerprint density at radius 2 is 1.50 bits per heavy atom. The van der Waals surface area contributed by atoms with Gasteiger partial charge in [0.2, 0.25) is 5.82 Å². The van der Waals surface area contributed by atoms with Crippen LogP contribution in [0, 0.1) is 0 Å². The van der Waals surface area contributed by atoms with Gasteiger partial charge in [0, 0.05) is 5.56 Å². The van der Waals surface area contributed by atoms with Crippen LogP contribution >= 0.6 is 0 Å². The minimum Gasteiger partial charge on any atom is -0.493 e. The standard InChI is InChI=1S/C26H25N5O3/c1-17(31-28-25(27-29-31)20-14-15-23(33-2)24(16-20)34-3)26(32)30-21-10-6-4-8-18(21)12-13-19-9-5-7-11-22(19)30/h4-11,14-17H,12-13H2,1-3H3. The van der Waals surface area contributed by atoms with Crippen LogP contribution in [0.3, 0.4) is 0 Å². The smallest absolute Gasteiger partial charge is 0.258 e. The first kappa shape index (κ1) is 21.6. The molecule has 0 spiro atoms. The number of amides is 1. The van der Waals surface area contributed by atoms with Crippen LogP contribution < -0.4 is 14.4 Å². The molecule has 3 aromatic carbocycles. The fourth-order valence-electron chi connectivity index (χ4n) is 4.28. The molecule has 0 saturated carbocycles. The van der Waals surface area contributed by atoms with Gasteiger partial charge in [-0.2, -0.15) is 4.80 Å². The first-order valence-corrected chi connectivity index (χ1v) is 11.1. The van der Waals surface area contributed by atoms with E-state index in [-0.39, 0.29) is 5.91 Å². The van der Waals surface area contributed by atoms with Gasteiger partial charge < -0.3 is 9.47 Å². The van der Waals surface area contributed by atoms with Gasteiger partial charge in [-0.3, -0.25) is 9.69 Å². The lowest BCUT2D eigenvalue weighted by Gasteiger charge is -2.27. The van der Waals surface area contributed by atoms with Crippen molar-refractivity contribution in [1.29, 1.82) is 0 Å². The number of benzene rings is 3. The van der Waals surface area contributed by atoms with Gasteiger partial charge in [-0.25, -0.2) is 0 Å². The van der Waals surface area contributed by atoms with Gasteiger partial charge in [0.1, 0.15) is 6.04 Å². The van der Waals surface area contributed by atoms with E-state index in [0.29, 0.717) is 22.9 Å². The fraction of sp³-hybridized carbons (Fsp3) is 0.231. The molecule has 1 aliphatic rings. The number of para-hydroxylation sites is 2. The molecular formula is C26H25N5O3. The molecule has 172 valence electrons. The lowest BCUT2D eigenvalue weighted by atomic mass is 10.0. The maximum Gasteiger partial charge on any atom is 0.258 e. The zero-order chi connectivity index (χ0) is 23.7. The number of rotatable bonds is 5. The van der Waals surface area contributed by atoms with Gasteiger partial charge in [0.25, 0.3) is 5.91 Å². The molecule has 1 aromatic heterocycles. The van der Waals surface area contributed by atoms with Crippen LogP contribution in [0.1, 0.15) is 24.1 Å². The molecule has 1 atom stereocenters. The van der Waals surface area contributed by atoms with Crippen LogP contribution in [0.4, 0.5) is 11.4 Å². The van der Waals surface area contributed by atoms with E-state index in [1.165, 1.54) is 4.80 Å². The Morgan fingerprint density at radius 1 is 0.882 bits per heavy atom. The molecule has 0 saturated heterocycles. The van der Waals surface area contributed by atoms with E-state index in [0.717, 1.165) is 35.3 Å². The molecule has 0 fully saturated rings. The Balaban J connectivity index is 1.50. The van der Waals surface area contributed by atoms with Crippen molar-refractivity contribution in [3.63, 3.8) is 0 Å². The molecule has 1 amide bonds. The summed E-state index contributed by atoms with van der Waals surface area (Å²) < 4.78 is 10.7. The molecule has 0 aliphatic carbocycles. The number of aryl methyl sites for hydroxylation is 2. The predicted octanol–water partition coefficient (Wildman–Crippen LogP) is 4.38. The number of aromatic nitrogens is 4. The molecule has 1 unspecified atom stereocenters. The molecule has 4 aromatic rings. The number of ether oxygens (including phenoxy) is 2. The SMILES string of the molecule is COc1ccc(-c2nnn(C(C)C(=O)N3c4ccccc4CCc4ccccc43)n2)cc1OC. The number of methoxy groups -OCH3 is 2. The second-order valence-electron chi connectivity index (χ2n) is 8.11. The summed E-state index contributed by atoms with van der Waals surface area (Å²) >= 11 is 0. The summed E-state index contributed by atoms with van der Waals surface area (Å²) in [5.41, 5.74) is 4.77. The minimum absolute atomic E-state index is 0.127.